The fourth-order valence-corrected chi connectivity index (χ4v) is 3.70. The second kappa shape index (κ2) is 3.84. The predicted molar refractivity (Wildman–Crippen MR) is 59.0 cm³/mol. The topological polar surface area (TPSA) is 20.2 Å². The SMILES string of the molecule is CC(C)(CO)CC1C[C@H]2CCC[C@H]2C1. The van der Waals surface area contributed by atoms with Gasteiger partial charge in [-0.3, -0.25) is 0 Å². The summed E-state index contributed by atoms with van der Waals surface area (Å²) in [6, 6.07) is 0. The van der Waals surface area contributed by atoms with Crippen LogP contribution in [0.25, 0.3) is 0 Å². The maximum Gasteiger partial charge on any atom is 0.0482 e. The fraction of sp³-hybridized carbons (Fsp3) is 1.00. The van der Waals surface area contributed by atoms with Crippen LogP contribution in [0, 0.1) is 23.2 Å². The van der Waals surface area contributed by atoms with E-state index >= 15 is 0 Å². The number of fused-ring (bicyclic) bond motifs is 1. The maximum absolute atomic E-state index is 9.26. The minimum absolute atomic E-state index is 0.156. The van der Waals surface area contributed by atoms with Gasteiger partial charge in [0.1, 0.15) is 0 Å². The summed E-state index contributed by atoms with van der Waals surface area (Å²) < 4.78 is 0. The van der Waals surface area contributed by atoms with Crippen molar-refractivity contribution in [2.45, 2.75) is 52.4 Å². The van der Waals surface area contributed by atoms with Gasteiger partial charge in [-0.25, -0.2) is 0 Å². The van der Waals surface area contributed by atoms with Crippen molar-refractivity contribution < 1.29 is 5.11 Å². The van der Waals surface area contributed by atoms with E-state index in [0.717, 1.165) is 17.8 Å². The highest BCUT2D eigenvalue weighted by Crippen LogP contribution is 2.49. The van der Waals surface area contributed by atoms with Crippen molar-refractivity contribution in [2.75, 3.05) is 6.61 Å². The van der Waals surface area contributed by atoms with Crippen LogP contribution >= 0.6 is 0 Å². The number of hydrogen-bond donors (Lipinski definition) is 1. The maximum atomic E-state index is 9.26. The Morgan fingerprint density at radius 2 is 1.71 bits per heavy atom. The molecule has 0 heterocycles. The molecule has 82 valence electrons. The third-order valence-electron chi connectivity index (χ3n) is 4.36. The molecule has 1 nitrogen and oxygen atoms in total. The van der Waals surface area contributed by atoms with Crippen LogP contribution in [0.4, 0.5) is 0 Å². The molecular formula is C13H24O. The number of rotatable bonds is 3. The second-order valence-electron chi connectivity index (χ2n) is 6.31. The van der Waals surface area contributed by atoms with E-state index in [-0.39, 0.29) is 5.41 Å². The molecule has 2 fully saturated rings. The Labute approximate surface area is 87.9 Å². The average molecular weight is 196 g/mol. The van der Waals surface area contributed by atoms with Gasteiger partial charge < -0.3 is 5.11 Å². The number of aliphatic hydroxyl groups is 1. The zero-order valence-corrected chi connectivity index (χ0v) is 9.63. The van der Waals surface area contributed by atoms with E-state index in [1.165, 1.54) is 38.5 Å². The van der Waals surface area contributed by atoms with E-state index in [4.69, 9.17) is 0 Å². The molecule has 14 heavy (non-hydrogen) atoms. The number of aliphatic hydroxyl groups excluding tert-OH is 1. The Balaban J connectivity index is 1.84. The van der Waals surface area contributed by atoms with Crippen molar-refractivity contribution >= 4 is 0 Å². The van der Waals surface area contributed by atoms with Crippen LogP contribution in [-0.4, -0.2) is 11.7 Å². The highest BCUT2D eigenvalue weighted by molar-refractivity contribution is 4.89. The molecule has 1 unspecified atom stereocenters. The summed E-state index contributed by atoms with van der Waals surface area (Å²) in [5, 5.41) is 9.26. The van der Waals surface area contributed by atoms with Gasteiger partial charge in [-0.2, -0.15) is 0 Å². The lowest BCUT2D eigenvalue weighted by Crippen LogP contribution is -2.20. The summed E-state index contributed by atoms with van der Waals surface area (Å²) in [4.78, 5) is 0. The fourth-order valence-electron chi connectivity index (χ4n) is 3.70. The molecular weight excluding hydrogens is 172 g/mol. The van der Waals surface area contributed by atoms with Gasteiger partial charge in [-0.1, -0.05) is 33.1 Å². The van der Waals surface area contributed by atoms with Crippen LogP contribution in [-0.2, 0) is 0 Å². The van der Waals surface area contributed by atoms with Crippen molar-refractivity contribution in [1.29, 1.82) is 0 Å². The average Bonchev–Trinajstić information content (AvgIpc) is 2.63. The van der Waals surface area contributed by atoms with Crippen LogP contribution < -0.4 is 0 Å². The Bertz CT molecular complexity index is 185. The molecule has 2 aliphatic carbocycles. The monoisotopic (exact) mass is 196 g/mol. The van der Waals surface area contributed by atoms with Crippen LogP contribution in [0.1, 0.15) is 52.4 Å². The standard InChI is InChI=1S/C13H24O/c1-13(2,9-14)8-10-6-11-4-3-5-12(11)7-10/h10-12,14H,3-9H2,1-2H3/t10?,11-,12+. The molecule has 0 aliphatic heterocycles. The summed E-state index contributed by atoms with van der Waals surface area (Å²) in [6.07, 6.45) is 8.59. The number of hydrogen-bond acceptors (Lipinski definition) is 1. The van der Waals surface area contributed by atoms with Gasteiger partial charge in [-0.15, -0.1) is 0 Å². The lowest BCUT2D eigenvalue weighted by molar-refractivity contribution is 0.129. The third-order valence-corrected chi connectivity index (χ3v) is 4.36. The first-order chi connectivity index (χ1) is 6.61. The third kappa shape index (κ3) is 2.13. The zero-order chi connectivity index (χ0) is 10.2. The smallest absolute Gasteiger partial charge is 0.0482 e. The van der Waals surface area contributed by atoms with E-state index in [2.05, 4.69) is 13.8 Å². The van der Waals surface area contributed by atoms with E-state index in [1.807, 2.05) is 0 Å². The quantitative estimate of drug-likeness (QED) is 0.735. The van der Waals surface area contributed by atoms with Gasteiger partial charge in [0.25, 0.3) is 0 Å². The lowest BCUT2D eigenvalue weighted by Gasteiger charge is -2.25. The molecule has 2 saturated carbocycles. The zero-order valence-electron chi connectivity index (χ0n) is 9.63. The predicted octanol–water partition coefficient (Wildman–Crippen LogP) is 3.22. The van der Waals surface area contributed by atoms with E-state index < -0.39 is 0 Å². The minimum atomic E-state index is 0.156. The first-order valence-corrected chi connectivity index (χ1v) is 6.21. The Morgan fingerprint density at radius 1 is 1.14 bits per heavy atom. The van der Waals surface area contributed by atoms with E-state index in [9.17, 15) is 5.11 Å². The van der Waals surface area contributed by atoms with Crippen LogP contribution in [0.2, 0.25) is 0 Å². The summed E-state index contributed by atoms with van der Waals surface area (Å²) in [7, 11) is 0. The van der Waals surface area contributed by atoms with Crippen molar-refractivity contribution in [3.8, 4) is 0 Å². The Morgan fingerprint density at radius 3 is 2.21 bits per heavy atom. The lowest BCUT2D eigenvalue weighted by atomic mass is 9.82. The molecule has 0 aromatic heterocycles. The molecule has 1 N–H and O–H groups in total. The van der Waals surface area contributed by atoms with E-state index in [0.29, 0.717) is 6.61 Å². The summed E-state index contributed by atoms with van der Waals surface area (Å²) in [5.74, 6) is 3.01. The first-order valence-electron chi connectivity index (χ1n) is 6.21. The van der Waals surface area contributed by atoms with Crippen molar-refractivity contribution in [3.05, 3.63) is 0 Å². The summed E-state index contributed by atoms with van der Waals surface area (Å²) >= 11 is 0. The Kier molecular flexibility index (Phi) is 2.88. The van der Waals surface area contributed by atoms with Gasteiger partial charge in [-0.05, 0) is 42.4 Å². The van der Waals surface area contributed by atoms with Gasteiger partial charge in [0.05, 0.1) is 0 Å². The summed E-state index contributed by atoms with van der Waals surface area (Å²) in [5.41, 5.74) is 0.156. The molecule has 2 aliphatic rings. The Hall–Kier alpha value is -0.0400. The van der Waals surface area contributed by atoms with E-state index in [1.54, 1.807) is 0 Å². The highest BCUT2D eigenvalue weighted by atomic mass is 16.3. The molecule has 1 heteroatoms. The van der Waals surface area contributed by atoms with Crippen LogP contribution in [0.5, 0.6) is 0 Å². The second-order valence-corrected chi connectivity index (χ2v) is 6.31. The molecule has 3 atom stereocenters. The molecule has 0 aromatic carbocycles. The molecule has 0 amide bonds. The normalized spacial score (nSPS) is 37.5. The van der Waals surface area contributed by atoms with Gasteiger partial charge in [0.2, 0.25) is 0 Å². The molecule has 0 radical (unpaired) electrons. The van der Waals surface area contributed by atoms with Crippen LogP contribution in [0.3, 0.4) is 0 Å². The van der Waals surface area contributed by atoms with Crippen molar-refractivity contribution in [2.24, 2.45) is 23.2 Å². The van der Waals surface area contributed by atoms with Gasteiger partial charge >= 0.3 is 0 Å². The summed E-state index contributed by atoms with van der Waals surface area (Å²) in [6.45, 7) is 4.74. The minimum Gasteiger partial charge on any atom is -0.396 e. The van der Waals surface area contributed by atoms with Gasteiger partial charge in [0.15, 0.2) is 0 Å². The molecule has 0 bridgehead atoms. The first kappa shape index (κ1) is 10.5. The molecule has 0 spiro atoms. The molecule has 0 saturated heterocycles. The van der Waals surface area contributed by atoms with Crippen molar-refractivity contribution in [3.63, 3.8) is 0 Å². The van der Waals surface area contributed by atoms with Crippen LogP contribution in [0.15, 0.2) is 0 Å². The largest absolute Gasteiger partial charge is 0.396 e. The molecule has 2 rings (SSSR count). The molecule has 0 aromatic rings. The van der Waals surface area contributed by atoms with Crippen molar-refractivity contribution in [1.82, 2.24) is 0 Å². The van der Waals surface area contributed by atoms with Gasteiger partial charge in [0, 0.05) is 6.61 Å². The highest BCUT2D eigenvalue weighted by Gasteiger charge is 2.38.